The second-order valence-corrected chi connectivity index (χ2v) is 5.26. The number of para-hydroxylation sites is 1. The molecule has 0 aliphatic heterocycles. The van der Waals surface area contributed by atoms with E-state index in [-0.39, 0.29) is 25.9 Å². The molecule has 1 rings (SSSR count). The van der Waals surface area contributed by atoms with E-state index in [2.05, 4.69) is 15.4 Å². The van der Waals surface area contributed by atoms with Crippen LogP contribution in [0.15, 0.2) is 30.3 Å². The molecular formula is C17H22N2O7. The van der Waals surface area contributed by atoms with E-state index in [9.17, 15) is 19.2 Å². The Kier molecular flexibility index (Phi) is 9.23. The molecule has 1 unspecified atom stereocenters. The first-order valence-electron chi connectivity index (χ1n) is 7.96. The maximum Gasteiger partial charge on any atom is 0.322 e. The van der Waals surface area contributed by atoms with Crippen LogP contribution in [0.4, 0.5) is 0 Å². The minimum absolute atomic E-state index is 0.119. The number of benzene rings is 1. The van der Waals surface area contributed by atoms with Gasteiger partial charge in [0, 0.05) is 12.8 Å². The molecule has 0 heterocycles. The van der Waals surface area contributed by atoms with Gasteiger partial charge < -0.3 is 25.2 Å². The molecule has 0 radical (unpaired) electrons. The van der Waals surface area contributed by atoms with Gasteiger partial charge in [-0.2, -0.15) is 0 Å². The lowest BCUT2D eigenvalue weighted by molar-refractivity contribution is -0.142. The smallest absolute Gasteiger partial charge is 0.322 e. The van der Waals surface area contributed by atoms with Crippen molar-refractivity contribution in [3.63, 3.8) is 0 Å². The van der Waals surface area contributed by atoms with Gasteiger partial charge in [0.1, 0.15) is 18.3 Å². The van der Waals surface area contributed by atoms with Crippen molar-refractivity contribution in [3.05, 3.63) is 30.3 Å². The highest BCUT2D eigenvalue weighted by Gasteiger charge is 2.21. The fraction of sp³-hybridized carbons (Fsp3) is 0.412. The third-order valence-electron chi connectivity index (χ3n) is 3.27. The Morgan fingerprint density at radius 2 is 1.81 bits per heavy atom. The van der Waals surface area contributed by atoms with E-state index in [1.54, 1.807) is 24.3 Å². The van der Waals surface area contributed by atoms with Gasteiger partial charge in [0.05, 0.1) is 20.1 Å². The quantitative estimate of drug-likeness (QED) is 0.473. The molecule has 0 aliphatic carbocycles. The van der Waals surface area contributed by atoms with Gasteiger partial charge in [0.2, 0.25) is 11.8 Å². The lowest BCUT2D eigenvalue weighted by atomic mass is 10.1. The monoisotopic (exact) mass is 366 g/mol. The number of amides is 2. The molecule has 9 nitrogen and oxygen atoms in total. The summed E-state index contributed by atoms with van der Waals surface area (Å²) in [4.78, 5) is 45.6. The number of carbonyl (C=O) groups is 4. The van der Waals surface area contributed by atoms with E-state index in [0.29, 0.717) is 5.75 Å². The van der Waals surface area contributed by atoms with Crippen molar-refractivity contribution in [2.24, 2.45) is 0 Å². The third kappa shape index (κ3) is 8.67. The number of ether oxygens (including phenoxy) is 2. The normalized spacial score (nSPS) is 11.1. The number of carboxylic acids is 1. The summed E-state index contributed by atoms with van der Waals surface area (Å²) in [5.41, 5.74) is 0. The number of methoxy groups -OCH3 is 1. The molecule has 0 aliphatic rings. The first-order chi connectivity index (χ1) is 12.4. The molecule has 3 N–H and O–H groups in total. The van der Waals surface area contributed by atoms with E-state index in [4.69, 9.17) is 9.84 Å². The molecule has 0 saturated carbocycles. The summed E-state index contributed by atoms with van der Waals surface area (Å²) in [6.45, 7) is -0.431. The van der Waals surface area contributed by atoms with Crippen molar-refractivity contribution in [2.75, 3.05) is 20.3 Å². The van der Waals surface area contributed by atoms with Crippen LogP contribution in [0.3, 0.4) is 0 Å². The highest BCUT2D eigenvalue weighted by atomic mass is 16.5. The zero-order chi connectivity index (χ0) is 19.4. The van der Waals surface area contributed by atoms with Crippen LogP contribution in [0.1, 0.15) is 19.3 Å². The van der Waals surface area contributed by atoms with E-state index < -0.39 is 36.3 Å². The third-order valence-corrected chi connectivity index (χ3v) is 3.27. The molecule has 26 heavy (non-hydrogen) atoms. The summed E-state index contributed by atoms with van der Waals surface area (Å²) in [6, 6.07) is 7.92. The first kappa shape index (κ1) is 20.9. The van der Waals surface area contributed by atoms with Crippen molar-refractivity contribution in [1.82, 2.24) is 10.6 Å². The van der Waals surface area contributed by atoms with Crippen LogP contribution in [0.2, 0.25) is 0 Å². The summed E-state index contributed by atoms with van der Waals surface area (Å²) < 4.78 is 9.94. The number of carbonyl (C=O) groups excluding carboxylic acids is 3. The average Bonchev–Trinajstić information content (AvgIpc) is 2.64. The molecule has 2 amide bonds. The van der Waals surface area contributed by atoms with Crippen molar-refractivity contribution in [3.8, 4) is 5.75 Å². The Labute approximate surface area is 150 Å². The van der Waals surface area contributed by atoms with Gasteiger partial charge in [-0.3, -0.25) is 19.2 Å². The molecule has 1 atom stereocenters. The fourth-order valence-corrected chi connectivity index (χ4v) is 1.95. The molecule has 142 valence electrons. The van der Waals surface area contributed by atoms with E-state index in [1.165, 1.54) is 7.11 Å². The Morgan fingerprint density at radius 3 is 2.42 bits per heavy atom. The highest BCUT2D eigenvalue weighted by Crippen LogP contribution is 2.09. The molecule has 0 spiro atoms. The van der Waals surface area contributed by atoms with Gasteiger partial charge >= 0.3 is 11.9 Å². The Hall–Kier alpha value is -3.10. The Morgan fingerprint density at radius 1 is 1.12 bits per heavy atom. The fourth-order valence-electron chi connectivity index (χ4n) is 1.95. The number of hydrogen-bond donors (Lipinski definition) is 3. The molecular weight excluding hydrogens is 344 g/mol. The zero-order valence-electron chi connectivity index (χ0n) is 14.4. The van der Waals surface area contributed by atoms with Crippen molar-refractivity contribution >= 4 is 23.8 Å². The largest absolute Gasteiger partial charge is 0.494 e. The predicted molar refractivity (Wildman–Crippen MR) is 90.4 cm³/mol. The number of rotatable bonds is 11. The molecule has 9 heteroatoms. The number of nitrogens with one attached hydrogen (secondary N) is 2. The average molecular weight is 366 g/mol. The van der Waals surface area contributed by atoms with Crippen LogP contribution in [0.25, 0.3) is 0 Å². The lowest BCUT2D eigenvalue weighted by Gasteiger charge is -2.18. The second kappa shape index (κ2) is 11.5. The topological polar surface area (TPSA) is 131 Å². The van der Waals surface area contributed by atoms with Crippen molar-refractivity contribution < 1.29 is 33.8 Å². The van der Waals surface area contributed by atoms with Gasteiger partial charge in [0.25, 0.3) is 0 Å². The van der Waals surface area contributed by atoms with Crippen molar-refractivity contribution in [2.45, 2.75) is 25.3 Å². The number of carboxylic acid groups (broad SMARTS) is 1. The van der Waals surface area contributed by atoms with Crippen LogP contribution >= 0.6 is 0 Å². The summed E-state index contributed by atoms with van der Waals surface area (Å²) in [5, 5.41) is 13.3. The summed E-state index contributed by atoms with van der Waals surface area (Å²) in [7, 11) is 1.21. The van der Waals surface area contributed by atoms with Crippen LogP contribution in [-0.4, -0.2) is 55.2 Å². The van der Waals surface area contributed by atoms with E-state index in [0.717, 1.165) is 0 Å². The molecule has 1 aromatic rings. The number of aliphatic carboxylic acids is 1. The Balaban J connectivity index is 2.56. The van der Waals surface area contributed by atoms with Crippen molar-refractivity contribution in [1.29, 1.82) is 0 Å². The minimum atomic E-state index is -1.20. The Bertz CT molecular complexity index is 619. The van der Waals surface area contributed by atoms with Gasteiger partial charge in [-0.15, -0.1) is 0 Å². The summed E-state index contributed by atoms with van der Waals surface area (Å²) >= 11 is 0. The predicted octanol–water partition coefficient (Wildman–Crippen LogP) is 0.0943. The SMILES string of the molecule is COC(=O)CCC(=O)NC(CCOc1ccccc1)C(=O)NCC(=O)O. The number of esters is 1. The highest BCUT2D eigenvalue weighted by molar-refractivity contribution is 5.90. The van der Waals surface area contributed by atoms with E-state index >= 15 is 0 Å². The molecule has 0 saturated heterocycles. The molecule has 0 bridgehead atoms. The number of hydrogen-bond acceptors (Lipinski definition) is 6. The minimum Gasteiger partial charge on any atom is -0.494 e. The maximum atomic E-state index is 12.1. The van der Waals surface area contributed by atoms with Crippen LogP contribution in [0, 0.1) is 0 Å². The van der Waals surface area contributed by atoms with E-state index in [1.807, 2.05) is 6.07 Å². The van der Waals surface area contributed by atoms with Crippen LogP contribution in [0.5, 0.6) is 5.75 Å². The molecule has 1 aromatic carbocycles. The maximum absolute atomic E-state index is 12.1. The van der Waals surface area contributed by atoms with Gasteiger partial charge in [-0.25, -0.2) is 0 Å². The molecule has 0 aromatic heterocycles. The first-order valence-corrected chi connectivity index (χ1v) is 7.96. The van der Waals surface area contributed by atoms with Gasteiger partial charge in [0.15, 0.2) is 0 Å². The second-order valence-electron chi connectivity index (χ2n) is 5.26. The molecule has 0 fully saturated rings. The van der Waals surface area contributed by atoms with Crippen LogP contribution < -0.4 is 15.4 Å². The summed E-state index contributed by atoms with van der Waals surface area (Å²) in [5.74, 6) is -2.30. The summed E-state index contributed by atoms with van der Waals surface area (Å²) in [6.07, 6.45) is -0.133. The lowest BCUT2D eigenvalue weighted by Crippen LogP contribution is -2.48. The van der Waals surface area contributed by atoms with Gasteiger partial charge in [-0.1, -0.05) is 18.2 Å². The standard InChI is InChI=1S/C17H22N2O7/c1-25-16(23)8-7-14(20)19-13(17(24)18-11-15(21)22)9-10-26-12-5-3-2-4-6-12/h2-6,13H,7-11H2,1H3,(H,18,24)(H,19,20)(H,21,22). The zero-order valence-corrected chi connectivity index (χ0v) is 14.4. The van der Waals surface area contributed by atoms with Gasteiger partial charge in [-0.05, 0) is 12.1 Å². The van der Waals surface area contributed by atoms with Crippen LogP contribution in [-0.2, 0) is 23.9 Å².